The maximum Gasteiger partial charge on any atom is 0.138 e. The van der Waals surface area contributed by atoms with Crippen LogP contribution >= 0.6 is 0 Å². The van der Waals surface area contributed by atoms with Crippen molar-refractivity contribution in [2.45, 2.75) is 12.8 Å². The van der Waals surface area contributed by atoms with Gasteiger partial charge in [-0.1, -0.05) is 0 Å². The number of aromatic amines is 1. The first-order valence-electron chi connectivity index (χ1n) is 5.61. The third-order valence-electron chi connectivity index (χ3n) is 3.32. The normalized spacial score (nSPS) is 17.3. The summed E-state index contributed by atoms with van der Waals surface area (Å²) in [5, 5.41) is 10.6. The highest BCUT2D eigenvalue weighted by molar-refractivity contribution is 5.82. The number of hydrogen-bond donors (Lipinski definition) is 2. The average molecular weight is 217 g/mol. The molecular formula is C12H15N3O. The summed E-state index contributed by atoms with van der Waals surface area (Å²) >= 11 is 0. The quantitative estimate of drug-likeness (QED) is 0.699. The van der Waals surface area contributed by atoms with E-state index in [-0.39, 0.29) is 5.75 Å². The summed E-state index contributed by atoms with van der Waals surface area (Å²) in [6.07, 6.45) is 3.55. The van der Waals surface area contributed by atoms with E-state index in [9.17, 15) is 5.11 Å². The maximum absolute atomic E-state index is 9.49. The van der Waals surface area contributed by atoms with Crippen LogP contribution in [0.1, 0.15) is 11.3 Å². The molecule has 1 aliphatic rings. The van der Waals surface area contributed by atoms with E-state index in [1.54, 1.807) is 0 Å². The molecule has 0 fully saturated rings. The summed E-state index contributed by atoms with van der Waals surface area (Å²) < 4.78 is 0. The Morgan fingerprint density at radius 1 is 1.38 bits per heavy atom. The lowest BCUT2D eigenvalue weighted by molar-refractivity contribution is 0.352. The SMILES string of the molecule is CN1CCc2[nH]c3ncc(O)cc3c2CC1. The molecule has 4 nitrogen and oxygen atoms in total. The van der Waals surface area contributed by atoms with Crippen LogP contribution in [0, 0.1) is 0 Å². The zero-order valence-electron chi connectivity index (χ0n) is 9.32. The van der Waals surface area contributed by atoms with Crippen LogP contribution in [0.3, 0.4) is 0 Å². The van der Waals surface area contributed by atoms with Crippen molar-refractivity contribution in [3.63, 3.8) is 0 Å². The van der Waals surface area contributed by atoms with Gasteiger partial charge in [-0.25, -0.2) is 4.98 Å². The molecule has 0 saturated heterocycles. The van der Waals surface area contributed by atoms with Crippen molar-refractivity contribution in [2.24, 2.45) is 0 Å². The van der Waals surface area contributed by atoms with Crippen molar-refractivity contribution in [1.29, 1.82) is 0 Å². The molecule has 0 bridgehead atoms. The molecule has 0 atom stereocenters. The van der Waals surface area contributed by atoms with Gasteiger partial charge in [0.1, 0.15) is 11.4 Å². The van der Waals surface area contributed by atoms with Gasteiger partial charge < -0.3 is 15.0 Å². The minimum atomic E-state index is 0.243. The average Bonchev–Trinajstić information content (AvgIpc) is 2.50. The van der Waals surface area contributed by atoms with E-state index in [4.69, 9.17) is 0 Å². The van der Waals surface area contributed by atoms with Crippen LogP contribution in [0.15, 0.2) is 12.3 Å². The molecule has 3 heterocycles. The first kappa shape index (κ1) is 9.66. The number of nitrogens with zero attached hydrogens (tertiary/aromatic N) is 2. The van der Waals surface area contributed by atoms with E-state index in [1.807, 2.05) is 6.07 Å². The molecule has 2 aromatic rings. The van der Waals surface area contributed by atoms with Crippen LogP contribution in [0.2, 0.25) is 0 Å². The second-order valence-corrected chi connectivity index (χ2v) is 4.48. The molecule has 0 aliphatic carbocycles. The van der Waals surface area contributed by atoms with E-state index in [1.165, 1.54) is 17.5 Å². The van der Waals surface area contributed by atoms with Crippen LogP contribution in [0.25, 0.3) is 11.0 Å². The molecule has 1 aliphatic heterocycles. The maximum atomic E-state index is 9.49. The third kappa shape index (κ3) is 1.46. The molecule has 0 amide bonds. The number of rotatable bonds is 0. The van der Waals surface area contributed by atoms with E-state index in [2.05, 4.69) is 21.9 Å². The fourth-order valence-electron chi connectivity index (χ4n) is 2.38. The zero-order valence-corrected chi connectivity index (χ0v) is 9.32. The Bertz CT molecular complexity index is 532. The number of hydrogen-bond acceptors (Lipinski definition) is 3. The Morgan fingerprint density at radius 2 is 2.19 bits per heavy atom. The first-order valence-corrected chi connectivity index (χ1v) is 5.61. The number of H-pyrrole nitrogens is 1. The number of likely N-dealkylation sites (N-methyl/N-ethyl adjacent to an activating group) is 1. The molecule has 16 heavy (non-hydrogen) atoms. The molecule has 4 heteroatoms. The predicted molar refractivity (Wildman–Crippen MR) is 62.7 cm³/mol. The standard InChI is InChI=1S/C12H15N3O/c1-15-4-2-9-10-6-8(16)7-13-12(10)14-11(9)3-5-15/h6-7,16H,2-5H2,1H3,(H,13,14). The van der Waals surface area contributed by atoms with Crippen molar-refractivity contribution in [3.05, 3.63) is 23.5 Å². The fraction of sp³-hybridized carbons (Fsp3) is 0.417. The summed E-state index contributed by atoms with van der Waals surface area (Å²) in [5.41, 5.74) is 3.49. The van der Waals surface area contributed by atoms with Gasteiger partial charge in [0, 0.05) is 30.6 Å². The van der Waals surface area contributed by atoms with E-state index in [0.717, 1.165) is 37.0 Å². The van der Waals surface area contributed by atoms with Crippen LogP contribution in [-0.4, -0.2) is 40.1 Å². The zero-order chi connectivity index (χ0) is 11.1. The second kappa shape index (κ2) is 3.49. The van der Waals surface area contributed by atoms with Gasteiger partial charge >= 0.3 is 0 Å². The minimum Gasteiger partial charge on any atom is -0.506 e. The van der Waals surface area contributed by atoms with Gasteiger partial charge in [0.2, 0.25) is 0 Å². The molecule has 0 radical (unpaired) electrons. The summed E-state index contributed by atoms with van der Waals surface area (Å²) in [6, 6.07) is 1.81. The van der Waals surface area contributed by atoms with Crippen LogP contribution in [0.4, 0.5) is 0 Å². The van der Waals surface area contributed by atoms with Crippen LogP contribution in [0.5, 0.6) is 5.75 Å². The number of fused-ring (bicyclic) bond motifs is 3. The lowest BCUT2D eigenvalue weighted by Crippen LogP contribution is -2.21. The summed E-state index contributed by atoms with van der Waals surface area (Å²) in [7, 11) is 2.14. The Balaban J connectivity index is 2.16. The second-order valence-electron chi connectivity index (χ2n) is 4.48. The van der Waals surface area contributed by atoms with Crippen LogP contribution in [-0.2, 0) is 12.8 Å². The Morgan fingerprint density at radius 3 is 3.06 bits per heavy atom. The predicted octanol–water partition coefficient (Wildman–Crippen LogP) is 1.30. The highest BCUT2D eigenvalue weighted by Gasteiger charge is 2.16. The van der Waals surface area contributed by atoms with Gasteiger partial charge in [-0.05, 0) is 25.1 Å². The summed E-state index contributed by atoms with van der Waals surface area (Å²) in [5.74, 6) is 0.243. The molecule has 3 rings (SSSR count). The lowest BCUT2D eigenvalue weighted by atomic mass is 10.1. The van der Waals surface area contributed by atoms with Crippen molar-refractivity contribution in [1.82, 2.24) is 14.9 Å². The minimum absolute atomic E-state index is 0.243. The molecule has 2 aromatic heterocycles. The van der Waals surface area contributed by atoms with Gasteiger partial charge in [-0.2, -0.15) is 0 Å². The summed E-state index contributed by atoms with van der Waals surface area (Å²) in [4.78, 5) is 9.90. The number of aromatic hydroxyl groups is 1. The number of pyridine rings is 1. The number of nitrogens with one attached hydrogen (secondary N) is 1. The Kier molecular flexibility index (Phi) is 2.11. The number of aromatic nitrogens is 2. The van der Waals surface area contributed by atoms with E-state index < -0.39 is 0 Å². The van der Waals surface area contributed by atoms with Crippen molar-refractivity contribution < 1.29 is 5.11 Å². The molecule has 0 aromatic carbocycles. The fourth-order valence-corrected chi connectivity index (χ4v) is 2.38. The highest BCUT2D eigenvalue weighted by Crippen LogP contribution is 2.26. The van der Waals surface area contributed by atoms with Gasteiger partial charge in [0.05, 0.1) is 6.20 Å². The topological polar surface area (TPSA) is 52.2 Å². The molecule has 0 unspecified atom stereocenters. The van der Waals surface area contributed by atoms with Crippen molar-refractivity contribution in [2.75, 3.05) is 20.1 Å². The van der Waals surface area contributed by atoms with Gasteiger partial charge in [0.15, 0.2) is 0 Å². The smallest absolute Gasteiger partial charge is 0.138 e. The van der Waals surface area contributed by atoms with E-state index >= 15 is 0 Å². The van der Waals surface area contributed by atoms with E-state index in [0.29, 0.717) is 0 Å². The lowest BCUT2D eigenvalue weighted by Gasteiger charge is -2.11. The Hall–Kier alpha value is -1.55. The molecule has 2 N–H and O–H groups in total. The third-order valence-corrected chi connectivity index (χ3v) is 3.32. The van der Waals surface area contributed by atoms with Gasteiger partial charge in [-0.15, -0.1) is 0 Å². The molecular weight excluding hydrogens is 202 g/mol. The monoisotopic (exact) mass is 217 g/mol. The van der Waals surface area contributed by atoms with Gasteiger partial charge in [0.25, 0.3) is 0 Å². The van der Waals surface area contributed by atoms with Gasteiger partial charge in [-0.3, -0.25) is 0 Å². The first-order chi connectivity index (χ1) is 7.74. The van der Waals surface area contributed by atoms with Crippen LogP contribution < -0.4 is 0 Å². The van der Waals surface area contributed by atoms with Crippen molar-refractivity contribution >= 4 is 11.0 Å². The Labute approximate surface area is 93.9 Å². The van der Waals surface area contributed by atoms with Crippen molar-refractivity contribution in [3.8, 4) is 5.75 Å². The molecule has 0 spiro atoms. The summed E-state index contributed by atoms with van der Waals surface area (Å²) in [6.45, 7) is 2.14. The largest absolute Gasteiger partial charge is 0.506 e. The molecule has 0 saturated carbocycles. The molecule has 84 valence electrons. The highest BCUT2D eigenvalue weighted by atomic mass is 16.3.